The van der Waals surface area contributed by atoms with Gasteiger partial charge in [0, 0.05) is 29.8 Å². The van der Waals surface area contributed by atoms with Gasteiger partial charge < -0.3 is 9.84 Å². The van der Waals surface area contributed by atoms with Gasteiger partial charge in [-0.2, -0.15) is 0 Å². The molecule has 0 aliphatic carbocycles. The molecular formula is C19H25N3O. The highest BCUT2D eigenvalue weighted by Crippen LogP contribution is 2.30. The van der Waals surface area contributed by atoms with Crippen LogP contribution in [-0.2, 0) is 6.54 Å². The molecule has 0 amide bonds. The third-order valence-corrected chi connectivity index (χ3v) is 5.38. The number of hydrogen-bond donors (Lipinski definition) is 1. The van der Waals surface area contributed by atoms with Gasteiger partial charge in [-0.3, -0.25) is 4.90 Å². The Morgan fingerprint density at radius 3 is 2.57 bits per heavy atom. The summed E-state index contributed by atoms with van der Waals surface area (Å²) in [7, 11) is 2.21. The van der Waals surface area contributed by atoms with Gasteiger partial charge in [-0.15, -0.1) is 0 Å². The number of hydrogen-bond acceptors (Lipinski definition) is 4. The van der Waals surface area contributed by atoms with E-state index in [1.807, 2.05) is 0 Å². The van der Waals surface area contributed by atoms with Gasteiger partial charge in [0.25, 0.3) is 0 Å². The lowest BCUT2D eigenvalue weighted by Crippen LogP contribution is -2.46. The van der Waals surface area contributed by atoms with E-state index in [9.17, 15) is 0 Å². The zero-order valence-corrected chi connectivity index (χ0v) is 14.0. The van der Waals surface area contributed by atoms with Crippen molar-refractivity contribution >= 4 is 0 Å². The predicted octanol–water partition coefficient (Wildman–Crippen LogP) is 3.36. The Balaban J connectivity index is 1.42. The largest absolute Gasteiger partial charge is 0.359 e. The fourth-order valence-electron chi connectivity index (χ4n) is 4.01. The summed E-state index contributed by atoms with van der Waals surface area (Å²) in [6, 6.07) is 12.6. The molecule has 4 heteroatoms. The van der Waals surface area contributed by atoms with E-state index in [0.717, 1.165) is 35.6 Å². The summed E-state index contributed by atoms with van der Waals surface area (Å²) in [4.78, 5) is 2.44. The Hall–Kier alpha value is -1.65. The van der Waals surface area contributed by atoms with Gasteiger partial charge in [0.1, 0.15) is 5.69 Å². The molecule has 4 nitrogen and oxygen atoms in total. The van der Waals surface area contributed by atoms with Crippen LogP contribution in [0.5, 0.6) is 0 Å². The van der Waals surface area contributed by atoms with E-state index >= 15 is 0 Å². The van der Waals surface area contributed by atoms with Gasteiger partial charge >= 0.3 is 0 Å². The number of fused-ring (bicyclic) bond motifs is 2. The molecule has 23 heavy (non-hydrogen) atoms. The number of nitrogens with one attached hydrogen (secondary N) is 1. The zero-order chi connectivity index (χ0) is 15.8. The summed E-state index contributed by atoms with van der Waals surface area (Å²) < 4.78 is 5.57. The highest BCUT2D eigenvalue weighted by atomic mass is 16.5. The second-order valence-electron chi connectivity index (χ2n) is 7.22. The van der Waals surface area contributed by atoms with Crippen LogP contribution in [-0.4, -0.2) is 35.2 Å². The van der Waals surface area contributed by atoms with E-state index in [-0.39, 0.29) is 0 Å². The Kier molecular flexibility index (Phi) is 3.95. The van der Waals surface area contributed by atoms with Crippen molar-refractivity contribution in [3.05, 3.63) is 41.7 Å². The van der Waals surface area contributed by atoms with Crippen LogP contribution < -0.4 is 5.32 Å². The van der Waals surface area contributed by atoms with Crippen molar-refractivity contribution in [2.24, 2.45) is 0 Å². The quantitative estimate of drug-likeness (QED) is 0.940. The van der Waals surface area contributed by atoms with E-state index in [1.54, 1.807) is 0 Å². The fraction of sp³-hybridized carbons (Fsp3) is 0.526. The molecule has 4 rings (SSSR count). The van der Waals surface area contributed by atoms with Crippen molar-refractivity contribution in [1.29, 1.82) is 0 Å². The SMILES string of the molecule is Cc1ccc(-c2cc(CN(C)C3CC4CCC(C3)N4)on2)cc1. The van der Waals surface area contributed by atoms with Crippen molar-refractivity contribution in [1.82, 2.24) is 15.4 Å². The second kappa shape index (κ2) is 6.10. The molecule has 2 aromatic rings. The molecule has 1 aromatic carbocycles. The number of piperidine rings is 1. The maximum Gasteiger partial charge on any atom is 0.151 e. The van der Waals surface area contributed by atoms with E-state index in [2.05, 4.69) is 59.7 Å². The first-order chi connectivity index (χ1) is 11.2. The first-order valence-electron chi connectivity index (χ1n) is 8.66. The molecular weight excluding hydrogens is 286 g/mol. The number of rotatable bonds is 4. The molecule has 3 heterocycles. The normalized spacial score (nSPS) is 26.8. The summed E-state index contributed by atoms with van der Waals surface area (Å²) in [6.45, 7) is 2.93. The van der Waals surface area contributed by atoms with E-state index < -0.39 is 0 Å². The van der Waals surface area contributed by atoms with E-state index in [0.29, 0.717) is 6.04 Å². The van der Waals surface area contributed by atoms with Crippen LogP contribution in [0.15, 0.2) is 34.9 Å². The molecule has 1 N–H and O–H groups in total. The summed E-state index contributed by atoms with van der Waals surface area (Å²) in [5, 5.41) is 7.95. The molecule has 2 saturated heterocycles. The molecule has 0 radical (unpaired) electrons. The van der Waals surface area contributed by atoms with Crippen LogP contribution in [0, 0.1) is 6.92 Å². The van der Waals surface area contributed by atoms with Crippen molar-refractivity contribution < 1.29 is 4.52 Å². The fourth-order valence-corrected chi connectivity index (χ4v) is 4.01. The summed E-state index contributed by atoms with van der Waals surface area (Å²) in [5.74, 6) is 0.953. The molecule has 2 bridgehead atoms. The van der Waals surface area contributed by atoms with Gasteiger partial charge in [0.2, 0.25) is 0 Å². The van der Waals surface area contributed by atoms with Crippen LogP contribution >= 0.6 is 0 Å². The number of nitrogens with zero attached hydrogens (tertiary/aromatic N) is 2. The van der Waals surface area contributed by atoms with Crippen molar-refractivity contribution in [2.75, 3.05) is 7.05 Å². The maximum atomic E-state index is 5.57. The third-order valence-electron chi connectivity index (χ3n) is 5.38. The Labute approximate surface area is 137 Å². The van der Waals surface area contributed by atoms with Gasteiger partial charge in [0.05, 0.1) is 6.54 Å². The van der Waals surface area contributed by atoms with Crippen molar-refractivity contribution in [3.8, 4) is 11.3 Å². The molecule has 0 spiro atoms. The molecule has 1 aromatic heterocycles. The molecule has 2 fully saturated rings. The van der Waals surface area contributed by atoms with Gasteiger partial charge in [-0.1, -0.05) is 35.0 Å². The lowest BCUT2D eigenvalue weighted by Gasteiger charge is -2.35. The van der Waals surface area contributed by atoms with Crippen LogP contribution in [0.25, 0.3) is 11.3 Å². The lowest BCUT2D eigenvalue weighted by molar-refractivity contribution is 0.152. The molecule has 2 unspecified atom stereocenters. The average Bonchev–Trinajstić information content (AvgIpc) is 3.14. The van der Waals surface area contributed by atoms with Crippen molar-refractivity contribution in [3.63, 3.8) is 0 Å². The number of aromatic nitrogens is 1. The summed E-state index contributed by atoms with van der Waals surface area (Å²) in [5.41, 5.74) is 3.31. The summed E-state index contributed by atoms with van der Waals surface area (Å²) in [6.07, 6.45) is 5.20. The monoisotopic (exact) mass is 311 g/mol. The van der Waals surface area contributed by atoms with Crippen LogP contribution in [0.2, 0.25) is 0 Å². The Morgan fingerprint density at radius 2 is 1.87 bits per heavy atom. The Bertz CT molecular complexity index is 652. The lowest BCUT2D eigenvalue weighted by atomic mass is 9.98. The first kappa shape index (κ1) is 14.9. The highest BCUT2D eigenvalue weighted by Gasteiger charge is 2.35. The summed E-state index contributed by atoms with van der Waals surface area (Å²) >= 11 is 0. The predicted molar refractivity (Wildman–Crippen MR) is 91.1 cm³/mol. The first-order valence-corrected chi connectivity index (χ1v) is 8.66. The number of aryl methyl sites for hydroxylation is 1. The van der Waals surface area contributed by atoms with Gasteiger partial charge in [0.15, 0.2) is 5.76 Å². The minimum atomic E-state index is 0.654. The van der Waals surface area contributed by atoms with Gasteiger partial charge in [-0.05, 0) is 39.7 Å². The zero-order valence-electron chi connectivity index (χ0n) is 14.0. The van der Waals surface area contributed by atoms with Crippen LogP contribution in [0.3, 0.4) is 0 Å². The van der Waals surface area contributed by atoms with Crippen LogP contribution in [0.1, 0.15) is 37.0 Å². The molecule has 2 aliphatic heterocycles. The minimum absolute atomic E-state index is 0.654. The molecule has 2 atom stereocenters. The topological polar surface area (TPSA) is 41.3 Å². The molecule has 2 aliphatic rings. The van der Waals surface area contributed by atoms with Crippen LogP contribution in [0.4, 0.5) is 0 Å². The van der Waals surface area contributed by atoms with E-state index in [1.165, 1.54) is 31.2 Å². The Morgan fingerprint density at radius 1 is 1.17 bits per heavy atom. The standard InChI is InChI=1S/C19H25N3O/c1-13-3-5-14(6-4-13)19-11-18(23-21-19)12-22(2)17-9-15-7-8-16(10-17)20-15/h3-6,11,15-17,20H,7-10,12H2,1-2H3. The molecule has 0 saturated carbocycles. The van der Waals surface area contributed by atoms with Crippen molar-refractivity contribution in [2.45, 2.75) is 57.3 Å². The average molecular weight is 311 g/mol. The highest BCUT2D eigenvalue weighted by molar-refractivity contribution is 5.59. The smallest absolute Gasteiger partial charge is 0.151 e. The second-order valence-corrected chi connectivity index (χ2v) is 7.22. The van der Waals surface area contributed by atoms with E-state index in [4.69, 9.17) is 4.52 Å². The number of benzene rings is 1. The minimum Gasteiger partial charge on any atom is -0.359 e. The maximum absolute atomic E-state index is 5.57. The van der Waals surface area contributed by atoms with Gasteiger partial charge in [-0.25, -0.2) is 0 Å². The third kappa shape index (κ3) is 3.19. The molecule has 122 valence electrons.